The zero-order valence-corrected chi connectivity index (χ0v) is 13.5. The van der Waals surface area contributed by atoms with Crippen molar-refractivity contribution in [2.75, 3.05) is 5.32 Å². The van der Waals surface area contributed by atoms with Gasteiger partial charge in [-0.05, 0) is 42.3 Å². The third-order valence-electron chi connectivity index (χ3n) is 3.84. The fourth-order valence-electron chi connectivity index (χ4n) is 2.63. The first-order valence-corrected chi connectivity index (χ1v) is 7.77. The highest BCUT2D eigenvalue weighted by atomic mass is 35.5. The summed E-state index contributed by atoms with van der Waals surface area (Å²) in [5, 5.41) is 11.7. The van der Waals surface area contributed by atoms with Crippen molar-refractivity contribution >= 4 is 34.1 Å². The summed E-state index contributed by atoms with van der Waals surface area (Å²) in [5.41, 5.74) is 4.33. The van der Waals surface area contributed by atoms with Crippen LogP contribution in [0.1, 0.15) is 11.1 Å². The lowest BCUT2D eigenvalue weighted by Gasteiger charge is -2.10. The van der Waals surface area contributed by atoms with Crippen LogP contribution in [0.3, 0.4) is 0 Å². The molecule has 5 nitrogen and oxygen atoms in total. The van der Waals surface area contributed by atoms with Crippen molar-refractivity contribution in [2.45, 2.75) is 13.5 Å². The first-order valence-electron chi connectivity index (χ1n) is 7.40. The fourth-order valence-corrected chi connectivity index (χ4v) is 2.86. The average Bonchev–Trinajstić information content (AvgIpc) is 3.04. The normalized spacial score (nSPS) is 11.3. The van der Waals surface area contributed by atoms with Crippen molar-refractivity contribution < 1.29 is 4.39 Å². The average molecular weight is 342 g/mol. The largest absolute Gasteiger partial charge is 0.363 e. The molecule has 1 N–H and O–H groups in total. The summed E-state index contributed by atoms with van der Waals surface area (Å²) in [7, 11) is 0. The molecule has 0 fully saturated rings. The van der Waals surface area contributed by atoms with Crippen molar-refractivity contribution in [1.82, 2.24) is 19.6 Å². The highest BCUT2D eigenvalue weighted by molar-refractivity contribution is 6.31. The molecular weight excluding hydrogens is 329 g/mol. The molecule has 4 aromatic rings. The van der Waals surface area contributed by atoms with Crippen LogP contribution in [0, 0.1) is 12.7 Å². The lowest BCUT2D eigenvalue weighted by molar-refractivity contribution is 0.627. The van der Waals surface area contributed by atoms with Crippen LogP contribution in [0.2, 0.25) is 5.02 Å². The molecule has 0 unspecified atom stereocenters. The zero-order chi connectivity index (χ0) is 16.7. The van der Waals surface area contributed by atoms with E-state index >= 15 is 0 Å². The Hall–Kier alpha value is -2.73. The number of benzene rings is 2. The van der Waals surface area contributed by atoms with Gasteiger partial charge in [0.25, 0.3) is 0 Å². The Balaban J connectivity index is 1.75. The van der Waals surface area contributed by atoms with Crippen LogP contribution in [0.25, 0.3) is 16.7 Å². The Morgan fingerprint density at radius 1 is 1.21 bits per heavy atom. The molecule has 0 atom stereocenters. The Morgan fingerprint density at radius 2 is 2.08 bits per heavy atom. The van der Waals surface area contributed by atoms with Gasteiger partial charge in [0.05, 0.1) is 11.0 Å². The molecule has 2 aromatic carbocycles. The van der Waals surface area contributed by atoms with Gasteiger partial charge in [-0.1, -0.05) is 23.7 Å². The Morgan fingerprint density at radius 3 is 2.92 bits per heavy atom. The van der Waals surface area contributed by atoms with Crippen molar-refractivity contribution in [3.05, 3.63) is 64.7 Å². The molecule has 0 radical (unpaired) electrons. The van der Waals surface area contributed by atoms with Crippen LogP contribution in [0.4, 0.5) is 10.2 Å². The minimum absolute atomic E-state index is 0.359. The summed E-state index contributed by atoms with van der Waals surface area (Å²) in [5.74, 6) is 0.243. The molecule has 0 aliphatic heterocycles. The molecule has 0 saturated heterocycles. The monoisotopic (exact) mass is 341 g/mol. The highest BCUT2D eigenvalue weighted by Gasteiger charge is 2.11. The van der Waals surface area contributed by atoms with E-state index in [0.29, 0.717) is 23.0 Å². The molecule has 0 bridgehead atoms. The van der Waals surface area contributed by atoms with Gasteiger partial charge in [0.15, 0.2) is 5.82 Å². The van der Waals surface area contributed by atoms with E-state index in [2.05, 4.69) is 20.5 Å². The van der Waals surface area contributed by atoms with Gasteiger partial charge in [0.1, 0.15) is 12.1 Å². The van der Waals surface area contributed by atoms with E-state index in [0.717, 1.165) is 22.2 Å². The maximum atomic E-state index is 13.1. The molecule has 0 aliphatic rings. The first kappa shape index (κ1) is 14.8. The summed E-state index contributed by atoms with van der Waals surface area (Å²) in [6, 6.07) is 10.3. The number of anilines is 1. The molecule has 2 aromatic heterocycles. The maximum absolute atomic E-state index is 13.1. The number of hydrogen-bond donors (Lipinski definition) is 1. The summed E-state index contributed by atoms with van der Waals surface area (Å²) in [6.45, 7) is 2.43. The van der Waals surface area contributed by atoms with Crippen LogP contribution >= 0.6 is 11.6 Å². The lowest BCUT2D eigenvalue weighted by atomic mass is 10.2. The molecular formula is C17H13ClFN5. The van der Waals surface area contributed by atoms with E-state index in [4.69, 9.17) is 11.6 Å². The molecule has 0 spiro atoms. The van der Waals surface area contributed by atoms with Gasteiger partial charge in [0, 0.05) is 11.6 Å². The number of halogens is 2. The van der Waals surface area contributed by atoms with Gasteiger partial charge in [-0.15, -0.1) is 10.2 Å². The molecule has 0 amide bonds. The van der Waals surface area contributed by atoms with Gasteiger partial charge < -0.3 is 5.32 Å². The van der Waals surface area contributed by atoms with Crippen molar-refractivity contribution in [1.29, 1.82) is 0 Å². The molecule has 4 rings (SSSR count). The Kier molecular flexibility index (Phi) is 3.54. The Labute approximate surface area is 142 Å². The maximum Gasteiger partial charge on any atom is 0.203 e. The van der Waals surface area contributed by atoms with Gasteiger partial charge in [-0.25, -0.2) is 9.37 Å². The topological polar surface area (TPSA) is 55.1 Å². The summed E-state index contributed by atoms with van der Waals surface area (Å²) >= 11 is 6.07. The van der Waals surface area contributed by atoms with Gasteiger partial charge in [-0.2, -0.15) is 0 Å². The highest BCUT2D eigenvalue weighted by Crippen LogP contribution is 2.23. The second kappa shape index (κ2) is 5.72. The van der Waals surface area contributed by atoms with E-state index in [1.165, 1.54) is 12.1 Å². The van der Waals surface area contributed by atoms with E-state index in [1.807, 2.05) is 29.5 Å². The van der Waals surface area contributed by atoms with E-state index in [1.54, 1.807) is 12.4 Å². The number of fused-ring (bicyclic) bond motifs is 3. The second-order valence-corrected chi connectivity index (χ2v) is 5.97. The molecule has 7 heteroatoms. The minimum atomic E-state index is -0.359. The number of nitrogens with one attached hydrogen (secondary N) is 1. The number of aryl methyl sites for hydroxylation is 1. The molecule has 0 saturated carbocycles. The Bertz CT molecular complexity index is 1060. The predicted molar refractivity (Wildman–Crippen MR) is 91.8 cm³/mol. The van der Waals surface area contributed by atoms with Crippen molar-refractivity contribution in [3.63, 3.8) is 0 Å². The molecule has 120 valence electrons. The van der Waals surface area contributed by atoms with Crippen LogP contribution < -0.4 is 5.32 Å². The molecule has 0 aliphatic carbocycles. The van der Waals surface area contributed by atoms with Gasteiger partial charge in [-0.3, -0.25) is 4.40 Å². The number of hydrogen-bond acceptors (Lipinski definition) is 4. The lowest BCUT2D eigenvalue weighted by Crippen LogP contribution is -2.05. The standard InChI is InChI=1S/C17H13ClFN5/c1-10-2-5-14-15(6-10)24-9-21-23-17(24)16(22-14)20-8-11-3-4-12(19)7-13(11)18/h2-7,9H,8H2,1H3,(H,20,22). The van der Waals surface area contributed by atoms with Crippen molar-refractivity contribution in [2.24, 2.45) is 0 Å². The molecule has 2 heterocycles. The minimum Gasteiger partial charge on any atom is -0.363 e. The van der Waals surface area contributed by atoms with Crippen LogP contribution in [0.5, 0.6) is 0 Å². The van der Waals surface area contributed by atoms with Crippen molar-refractivity contribution in [3.8, 4) is 0 Å². The van der Waals surface area contributed by atoms with E-state index in [9.17, 15) is 4.39 Å². The third-order valence-corrected chi connectivity index (χ3v) is 4.20. The number of rotatable bonds is 3. The van der Waals surface area contributed by atoms with Crippen LogP contribution in [-0.2, 0) is 6.54 Å². The van der Waals surface area contributed by atoms with Gasteiger partial charge >= 0.3 is 0 Å². The fraction of sp³-hybridized carbons (Fsp3) is 0.118. The molecule has 24 heavy (non-hydrogen) atoms. The second-order valence-electron chi connectivity index (χ2n) is 5.57. The number of nitrogens with zero attached hydrogens (tertiary/aromatic N) is 4. The first-order chi connectivity index (χ1) is 11.6. The number of aromatic nitrogens is 4. The quantitative estimate of drug-likeness (QED) is 0.612. The summed E-state index contributed by atoms with van der Waals surface area (Å²) < 4.78 is 15.0. The van der Waals surface area contributed by atoms with Gasteiger partial charge in [0.2, 0.25) is 5.65 Å². The summed E-state index contributed by atoms with van der Waals surface area (Å²) in [6.07, 6.45) is 1.66. The predicted octanol–water partition coefficient (Wildman–Crippen LogP) is 3.99. The van der Waals surface area contributed by atoms with Crippen LogP contribution in [0.15, 0.2) is 42.7 Å². The third kappa shape index (κ3) is 2.55. The SMILES string of the molecule is Cc1ccc2nc(NCc3ccc(F)cc3Cl)c3nncn3c2c1. The van der Waals surface area contributed by atoms with E-state index < -0.39 is 0 Å². The van der Waals surface area contributed by atoms with E-state index in [-0.39, 0.29) is 5.82 Å². The summed E-state index contributed by atoms with van der Waals surface area (Å²) in [4.78, 5) is 4.63. The zero-order valence-electron chi connectivity index (χ0n) is 12.8. The van der Waals surface area contributed by atoms with Crippen LogP contribution in [-0.4, -0.2) is 19.6 Å². The smallest absolute Gasteiger partial charge is 0.203 e.